The van der Waals surface area contributed by atoms with Gasteiger partial charge in [-0.15, -0.1) is 0 Å². The summed E-state index contributed by atoms with van der Waals surface area (Å²) < 4.78 is 16.6. The number of hydrogen-bond acceptors (Lipinski definition) is 10. The topological polar surface area (TPSA) is 175 Å². The molecule has 6 N–H and O–H groups in total. The molecule has 1 fully saturated rings. The van der Waals surface area contributed by atoms with Crippen molar-refractivity contribution in [3.8, 4) is 0 Å². The predicted octanol–water partition coefficient (Wildman–Crippen LogP) is 12.1. The number of unbranched alkanes of at least 4 members (excludes halogenated alkanes) is 23. The molecular weight excluding hydrogens is 871 g/mol. The van der Waals surface area contributed by atoms with Gasteiger partial charge in [0.05, 0.1) is 32.0 Å². The van der Waals surface area contributed by atoms with Crippen LogP contribution in [0, 0.1) is 0 Å². The summed E-state index contributed by atoms with van der Waals surface area (Å²) in [5.41, 5.74) is 0. The zero-order chi connectivity index (χ0) is 50.3. The summed E-state index contributed by atoms with van der Waals surface area (Å²) in [7, 11) is 0. The summed E-state index contributed by atoms with van der Waals surface area (Å²) in [6.45, 7) is 4.14. The maximum absolute atomic E-state index is 13.0. The third-order valence-electron chi connectivity index (χ3n) is 12.5. The Hall–Kier alpha value is -2.90. The van der Waals surface area contributed by atoms with Gasteiger partial charge in [-0.25, -0.2) is 0 Å². The Bertz CT molecular complexity index is 1380. The standard InChI is InChI=1S/C58H101NO10/c1-3-5-7-9-11-13-24-28-32-36-40-44-51(61)50(49-68-58-57(66)56(65)55(64)52(48-60)69-58)59-53(62)45-41-37-33-29-26-22-20-18-16-15-17-19-21-23-27-31-35-39-43-47-67-54(63)46-42-38-34-30-25-14-12-10-8-6-4-2/h7,9-10,12,19,21,23-24,27-28,40,44,50-52,55-58,60-61,64-66H,3-6,8,11,13-18,20,22,25-26,29-39,41-43,45-49H2,1-2H3,(H,59,62)/b9-7+,12-10-,21-19-,27-23-,28-24+,44-40+. The van der Waals surface area contributed by atoms with Gasteiger partial charge in [0.1, 0.15) is 24.4 Å². The number of aliphatic hydroxyl groups is 5. The number of carbonyl (C=O) groups is 2. The average Bonchev–Trinajstić information content (AvgIpc) is 3.34. The van der Waals surface area contributed by atoms with Crippen LogP contribution in [0.5, 0.6) is 0 Å². The first-order valence-electron chi connectivity index (χ1n) is 27.7. The largest absolute Gasteiger partial charge is 0.466 e. The molecular formula is C58H101NO10. The van der Waals surface area contributed by atoms with Crippen molar-refractivity contribution in [2.75, 3.05) is 19.8 Å². The minimum absolute atomic E-state index is 0.0418. The van der Waals surface area contributed by atoms with Crippen molar-refractivity contribution in [1.82, 2.24) is 5.32 Å². The summed E-state index contributed by atoms with van der Waals surface area (Å²) in [5.74, 6) is -0.252. The summed E-state index contributed by atoms with van der Waals surface area (Å²) in [6.07, 6.45) is 51.4. The maximum Gasteiger partial charge on any atom is 0.305 e. The van der Waals surface area contributed by atoms with E-state index >= 15 is 0 Å². The van der Waals surface area contributed by atoms with Gasteiger partial charge in [-0.05, 0) is 103 Å². The van der Waals surface area contributed by atoms with Crippen molar-refractivity contribution < 1.29 is 49.3 Å². The highest BCUT2D eigenvalue weighted by atomic mass is 16.7. The predicted molar refractivity (Wildman–Crippen MR) is 283 cm³/mol. The highest BCUT2D eigenvalue weighted by Crippen LogP contribution is 2.23. The van der Waals surface area contributed by atoms with Crippen LogP contribution in [0.3, 0.4) is 0 Å². The second-order valence-electron chi connectivity index (χ2n) is 18.9. The molecule has 0 aromatic heterocycles. The van der Waals surface area contributed by atoms with E-state index in [2.05, 4.69) is 79.9 Å². The minimum Gasteiger partial charge on any atom is -0.466 e. The Morgan fingerprint density at radius 3 is 1.58 bits per heavy atom. The lowest BCUT2D eigenvalue weighted by Gasteiger charge is -2.40. The SMILES string of the molecule is CCC/C=C/CC/C=C/CC/C=C/C(O)C(COC1OC(CO)C(O)C(O)C1O)NC(=O)CCCCCCCCCCCC/C=C\C=C/CCCCCOC(=O)CCCCCCC/C=C\CCCC. The van der Waals surface area contributed by atoms with E-state index in [4.69, 9.17) is 14.2 Å². The van der Waals surface area contributed by atoms with E-state index in [9.17, 15) is 35.1 Å². The average molecular weight is 972 g/mol. The van der Waals surface area contributed by atoms with Gasteiger partial charge >= 0.3 is 5.97 Å². The van der Waals surface area contributed by atoms with E-state index in [0.717, 1.165) is 103 Å². The number of rotatable bonds is 46. The minimum atomic E-state index is -1.58. The molecule has 7 atom stereocenters. The molecule has 0 spiro atoms. The van der Waals surface area contributed by atoms with E-state index in [1.54, 1.807) is 6.08 Å². The quantitative estimate of drug-likeness (QED) is 0.0149. The Balaban J connectivity index is 2.14. The van der Waals surface area contributed by atoms with E-state index < -0.39 is 49.5 Å². The summed E-state index contributed by atoms with van der Waals surface area (Å²) in [4.78, 5) is 25.0. The van der Waals surface area contributed by atoms with Gasteiger partial charge in [0.15, 0.2) is 6.29 Å². The second-order valence-corrected chi connectivity index (χ2v) is 18.9. The van der Waals surface area contributed by atoms with Crippen molar-refractivity contribution in [1.29, 1.82) is 0 Å². The number of nitrogens with one attached hydrogen (secondary N) is 1. The van der Waals surface area contributed by atoms with E-state index in [1.807, 2.05) is 6.08 Å². The number of carbonyl (C=O) groups excluding carboxylic acids is 2. The fourth-order valence-electron chi connectivity index (χ4n) is 8.03. The smallest absolute Gasteiger partial charge is 0.305 e. The number of hydrogen-bond donors (Lipinski definition) is 6. The molecule has 11 nitrogen and oxygen atoms in total. The lowest BCUT2D eigenvalue weighted by atomic mass is 9.99. The highest BCUT2D eigenvalue weighted by molar-refractivity contribution is 5.76. The van der Waals surface area contributed by atoms with E-state index in [-0.39, 0.29) is 18.5 Å². The first-order chi connectivity index (χ1) is 33.7. The fraction of sp³-hybridized carbons (Fsp3) is 0.759. The van der Waals surface area contributed by atoms with Crippen LogP contribution in [0.2, 0.25) is 0 Å². The molecule has 1 rings (SSSR count). The van der Waals surface area contributed by atoms with Gasteiger partial charge in [0.25, 0.3) is 0 Å². The lowest BCUT2D eigenvalue weighted by molar-refractivity contribution is -0.302. The van der Waals surface area contributed by atoms with Crippen molar-refractivity contribution >= 4 is 11.9 Å². The molecule has 0 aliphatic carbocycles. The number of aliphatic hydroxyl groups excluding tert-OH is 5. The lowest BCUT2D eigenvalue weighted by Crippen LogP contribution is -2.60. The number of esters is 1. The van der Waals surface area contributed by atoms with Gasteiger partial charge in [-0.2, -0.15) is 0 Å². The van der Waals surface area contributed by atoms with Crippen molar-refractivity contribution in [2.24, 2.45) is 0 Å². The maximum atomic E-state index is 13.0. The van der Waals surface area contributed by atoms with Gasteiger partial charge in [0, 0.05) is 12.8 Å². The van der Waals surface area contributed by atoms with Crippen LogP contribution in [-0.2, 0) is 23.8 Å². The molecule has 1 heterocycles. The Kier molecular flexibility index (Phi) is 44.1. The summed E-state index contributed by atoms with van der Waals surface area (Å²) in [5, 5.41) is 54.2. The fourth-order valence-corrected chi connectivity index (χ4v) is 8.03. The molecule has 1 saturated heterocycles. The van der Waals surface area contributed by atoms with Gasteiger partial charge in [-0.1, -0.05) is 177 Å². The van der Waals surface area contributed by atoms with Crippen LogP contribution in [0.25, 0.3) is 0 Å². The molecule has 1 aliphatic heterocycles. The van der Waals surface area contributed by atoms with Crippen molar-refractivity contribution in [3.05, 3.63) is 72.9 Å². The molecule has 0 aromatic carbocycles. The van der Waals surface area contributed by atoms with E-state index in [0.29, 0.717) is 25.9 Å². The molecule has 0 saturated carbocycles. The number of allylic oxidation sites excluding steroid dienone is 11. The molecule has 0 aromatic rings. The first kappa shape index (κ1) is 64.1. The Labute approximate surface area is 420 Å². The molecule has 1 amide bonds. The molecule has 398 valence electrons. The van der Waals surface area contributed by atoms with Crippen LogP contribution in [0.15, 0.2) is 72.9 Å². The van der Waals surface area contributed by atoms with Crippen LogP contribution in [0.4, 0.5) is 0 Å². The first-order valence-corrected chi connectivity index (χ1v) is 27.7. The van der Waals surface area contributed by atoms with Crippen LogP contribution >= 0.6 is 0 Å². The Morgan fingerprint density at radius 2 is 1.01 bits per heavy atom. The van der Waals surface area contributed by atoms with Crippen LogP contribution < -0.4 is 5.32 Å². The molecule has 7 unspecified atom stereocenters. The third kappa shape index (κ3) is 37.5. The van der Waals surface area contributed by atoms with Crippen LogP contribution in [0.1, 0.15) is 219 Å². The summed E-state index contributed by atoms with van der Waals surface area (Å²) >= 11 is 0. The second kappa shape index (κ2) is 47.4. The number of amides is 1. The van der Waals surface area contributed by atoms with Gasteiger partial charge < -0.3 is 45.1 Å². The molecule has 1 aliphatic rings. The number of ether oxygens (including phenoxy) is 3. The molecule has 11 heteroatoms. The van der Waals surface area contributed by atoms with Gasteiger partial charge in [0.2, 0.25) is 5.91 Å². The van der Waals surface area contributed by atoms with Crippen molar-refractivity contribution in [3.63, 3.8) is 0 Å². The molecule has 0 radical (unpaired) electrons. The Morgan fingerprint density at radius 1 is 0.536 bits per heavy atom. The van der Waals surface area contributed by atoms with Crippen LogP contribution in [-0.4, -0.2) is 100 Å². The highest BCUT2D eigenvalue weighted by Gasteiger charge is 2.44. The normalized spacial score (nSPS) is 19.9. The third-order valence-corrected chi connectivity index (χ3v) is 12.5. The summed E-state index contributed by atoms with van der Waals surface area (Å²) in [6, 6.07) is -0.843. The van der Waals surface area contributed by atoms with Gasteiger partial charge in [-0.3, -0.25) is 9.59 Å². The molecule has 69 heavy (non-hydrogen) atoms. The van der Waals surface area contributed by atoms with E-state index in [1.165, 1.54) is 83.5 Å². The zero-order valence-corrected chi connectivity index (χ0v) is 43.5. The molecule has 0 bridgehead atoms. The zero-order valence-electron chi connectivity index (χ0n) is 43.5. The van der Waals surface area contributed by atoms with Crippen molar-refractivity contribution in [2.45, 2.75) is 262 Å². The monoisotopic (exact) mass is 972 g/mol.